The maximum atomic E-state index is 12.3. The number of thiophene rings is 1. The standard InChI is InChI=1S/C18H26N2O2S2/c1-11-6-8-20(9-7-11)18(23)19-16-15(17(21)22-3)13-5-4-12(2)10-14(13)24-16/h11-12H,4-10H2,1-3H3,(H,19,23). The van der Waals surface area contributed by atoms with Gasteiger partial charge in [-0.2, -0.15) is 0 Å². The fourth-order valence-electron chi connectivity index (χ4n) is 3.54. The topological polar surface area (TPSA) is 41.6 Å². The van der Waals surface area contributed by atoms with Crippen LogP contribution in [0, 0.1) is 11.8 Å². The van der Waals surface area contributed by atoms with Crippen molar-refractivity contribution >= 4 is 39.6 Å². The summed E-state index contributed by atoms with van der Waals surface area (Å²) < 4.78 is 5.04. The fourth-order valence-corrected chi connectivity index (χ4v) is 5.29. The van der Waals surface area contributed by atoms with E-state index in [0.29, 0.717) is 11.5 Å². The number of hydrogen-bond acceptors (Lipinski definition) is 4. The van der Waals surface area contributed by atoms with Crippen molar-refractivity contribution in [2.75, 3.05) is 25.5 Å². The first-order chi connectivity index (χ1) is 11.5. The van der Waals surface area contributed by atoms with Crippen molar-refractivity contribution in [3.63, 3.8) is 0 Å². The Balaban J connectivity index is 1.82. The molecule has 1 aliphatic heterocycles. The van der Waals surface area contributed by atoms with Crippen LogP contribution in [0.5, 0.6) is 0 Å². The molecular weight excluding hydrogens is 340 g/mol. The van der Waals surface area contributed by atoms with Gasteiger partial charge in [0.15, 0.2) is 5.11 Å². The van der Waals surface area contributed by atoms with Gasteiger partial charge in [-0.1, -0.05) is 13.8 Å². The Kier molecular flexibility index (Phi) is 5.45. The van der Waals surface area contributed by atoms with Gasteiger partial charge in [-0.15, -0.1) is 11.3 Å². The fraction of sp³-hybridized carbons (Fsp3) is 0.667. The number of likely N-dealkylation sites (tertiary alicyclic amines) is 1. The summed E-state index contributed by atoms with van der Waals surface area (Å²) in [6, 6.07) is 0. The zero-order valence-corrected chi connectivity index (χ0v) is 16.3. The van der Waals surface area contributed by atoms with Crippen LogP contribution in [0.4, 0.5) is 5.00 Å². The first kappa shape index (κ1) is 17.7. The molecule has 0 spiro atoms. The van der Waals surface area contributed by atoms with Crippen LogP contribution in [-0.4, -0.2) is 36.2 Å². The van der Waals surface area contributed by atoms with Crippen molar-refractivity contribution in [2.24, 2.45) is 11.8 Å². The van der Waals surface area contributed by atoms with Crippen LogP contribution < -0.4 is 5.32 Å². The smallest absolute Gasteiger partial charge is 0.341 e. The number of nitrogens with one attached hydrogen (secondary N) is 1. The van der Waals surface area contributed by atoms with Gasteiger partial charge in [-0.05, 0) is 61.7 Å². The van der Waals surface area contributed by atoms with E-state index in [1.807, 2.05) is 0 Å². The number of carbonyl (C=O) groups excluding carboxylic acids is 1. The second kappa shape index (κ2) is 7.40. The van der Waals surface area contributed by atoms with E-state index in [4.69, 9.17) is 17.0 Å². The summed E-state index contributed by atoms with van der Waals surface area (Å²) >= 11 is 7.29. The minimum Gasteiger partial charge on any atom is -0.465 e. The number of esters is 1. The molecule has 1 aromatic rings. The van der Waals surface area contributed by atoms with Crippen molar-refractivity contribution in [2.45, 2.75) is 46.0 Å². The first-order valence-corrected chi connectivity index (χ1v) is 10.0. The van der Waals surface area contributed by atoms with Gasteiger partial charge in [0.1, 0.15) is 5.00 Å². The van der Waals surface area contributed by atoms with Gasteiger partial charge >= 0.3 is 5.97 Å². The lowest BCUT2D eigenvalue weighted by Gasteiger charge is -2.32. The Bertz CT molecular complexity index is 633. The van der Waals surface area contributed by atoms with E-state index in [9.17, 15) is 4.79 Å². The van der Waals surface area contributed by atoms with Gasteiger partial charge in [0.25, 0.3) is 0 Å². The van der Waals surface area contributed by atoms with E-state index >= 15 is 0 Å². The van der Waals surface area contributed by atoms with Gasteiger partial charge in [0.05, 0.1) is 12.7 Å². The van der Waals surface area contributed by atoms with Gasteiger partial charge < -0.3 is 15.0 Å². The average Bonchev–Trinajstić information content (AvgIpc) is 2.91. The number of methoxy groups -OCH3 is 1. The number of thiocarbonyl (C=S) groups is 1. The van der Waals surface area contributed by atoms with Crippen molar-refractivity contribution in [1.82, 2.24) is 4.90 Å². The highest BCUT2D eigenvalue weighted by molar-refractivity contribution is 7.80. The maximum absolute atomic E-state index is 12.3. The Morgan fingerprint density at radius 1 is 1.25 bits per heavy atom. The van der Waals surface area contributed by atoms with E-state index in [2.05, 4.69) is 24.1 Å². The Morgan fingerprint density at radius 3 is 2.62 bits per heavy atom. The normalized spacial score (nSPS) is 21.3. The average molecular weight is 367 g/mol. The molecule has 1 N–H and O–H groups in total. The molecule has 3 rings (SSSR count). The molecule has 0 radical (unpaired) electrons. The second-order valence-corrected chi connectivity index (χ2v) is 8.64. The Hall–Kier alpha value is -1.14. The number of hydrogen-bond donors (Lipinski definition) is 1. The van der Waals surface area contributed by atoms with Crippen LogP contribution in [0.1, 0.15) is 53.9 Å². The molecular formula is C18H26N2O2S2. The number of fused-ring (bicyclic) bond motifs is 1. The number of anilines is 1. The molecule has 24 heavy (non-hydrogen) atoms. The molecule has 4 nitrogen and oxygen atoms in total. The molecule has 6 heteroatoms. The molecule has 132 valence electrons. The Morgan fingerprint density at radius 2 is 1.96 bits per heavy atom. The summed E-state index contributed by atoms with van der Waals surface area (Å²) in [6.45, 7) is 6.54. The third-order valence-corrected chi connectivity index (χ3v) is 6.72. The van der Waals surface area contributed by atoms with Crippen LogP contribution in [-0.2, 0) is 17.6 Å². The molecule has 1 aromatic heterocycles. The molecule has 1 aliphatic carbocycles. The number of ether oxygens (including phenoxy) is 1. The Labute approximate surface area is 153 Å². The van der Waals surface area contributed by atoms with Gasteiger partial charge in [-0.25, -0.2) is 4.79 Å². The first-order valence-electron chi connectivity index (χ1n) is 8.78. The lowest BCUT2D eigenvalue weighted by atomic mass is 9.88. The van der Waals surface area contributed by atoms with Crippen molar-refractivity contribution in [1.29, 1.82) is 0 Å². The van der Waals surface area contributed by atoms with Crippen LogP contribution in [0.25, 0.3) is 0 Å². The quantitative estimate of drug-likeness (QED) is 0.631. The molecule has 0 amide bonds. The summed E-state index contributed by atoms with van der Waals surface area (Å²) in [5, 5.41) is 4.96. The monoisotopic (exact) mass is 366 g/mol. The highest BCUT2D eigenvalue weighted by Gasteiger charge is 2.29. The van der Waals surface area contributed by atoms with Crippen LogP contribution in [0.3, 0.4) is 0 Å². The van der Waals surface area contributed by atoms with E-state index in [0.717, 1.165) is 48.4 Å². The van der Waals surface area contributed by atoms with Crippen molar-refractivity contribution in [3.8, 4) is 0 Å². The molecule has 2 heterocycles. The van der Waals surface area contributed by atoms with E-state index in [1.54, 1.807) is 11.3 Å². The number of piperidine rings is 1. The predicted molar refractivity (Wildman–Crippen MR) is 103 cm³/mol. The predicted octanol–water partition coefficient (Wildman–Crippen LogP) is 4.09. The SMILES string of the molecule is COC(=O)c1c(NC(=S)N2CCC(C)CC2)sc2c1CCC(C)C2. The molecule has 1 unspecified atom stereocenters. The van der Waals surface area contributed by atoms with Gasteiger partial charge in [0, 0.05) is 18.0 Å². The number of nitrogens with zero attached hydrogens (tertiary/aromatic N) is 1. The minimum absolute atomic E-state index is 0.250. The van der Waals surface area contributed by atoms with Gasteiger partial charge in [0.2, 0.25) is 0 Å². The van der Waals surface area contributed by atoms with E-state index in [-0.39, 0.29) is 5.97 Å². The van der Waals surface area contributed by atoms with Crippen LogP contribution in [0.2, 0.25) is 0 Å². The zero-order chi connectivity index (χ0) is 17.3. The highest BCUT2D eigenvalue weighted by Crippen LogP contribution is 2.40. The maximum Gasteiger partial charge on any atom is 0.341 e. The highest BCUT2D eigenvalue weighted by atomic mass is 32.1. The lowest BCUT2D eigenvalue weighted by Crippen LogP contribution is -2.40. The molecule has 0 aromatic carbocycles. The molecule has 1 atom stereocenters. The van der Waals surface area contributed by atoms with Crippen molar-refractivity contribution < 1.29 is 9.53 Å². The zero-order valence-electron chi connectivity index (χ0n) is 14.7. The van der Waals surface area contributed by atoms with Crippen LogP contribution >= 0.6 is 23.6 Å². The summed E-state index contributed by atoms with van der Waals surface area (Å²) in [5.74, 6) is 1.19. The summed E-state index contributed by atoms with van der Waals surface area (Å²) in [4.78, 5) is 15.9. The van der Waals surface area contributed by atoms with Crippen LogP contribution in [0.15, 0.2) is 0 Å². The lowest BCUT2D eigenvalue weighted by molar-refractivity contribution is 0.0601. The third kappa shape index (κ3) is 3.59. The summed E-state index contributed by atoms with van der Waals surface area (Å²) in [7, 11) is 1.45. The van der Waals surface area contributed by atoms with E-state index < -0.39 is 0 Å². The molecule has 2 aliphatic rings. The van der Waals surface area contributed by atoms with Gasteiger partial charge in [-0.3, -0.25) is 0 Å². The second-order valence-electron chi connectivity index (χ2n) is 7.15. The summed E-state index contributed by atoms with van der Waals surface area (Å²) in [5.41, 5.74) is 1.87. The summed E-state index contributed by atoms with van der Waals surface area (Å²) in [6.07, 6.45) is 5.46. The molecule has 0 saturated carbocycles. The largest absolute Gasteiger partial charge is 0.465 e. The number of carbonyl (C=O) groups is 1. The van der Waals surface area contributed by atoms with Crippen molar-refractivity contribution in [3.05, 3.63) is 16.0 Å². The molecule has 1 saturated heterocycles. The third-order valence-electron chi connectivity index (χ3n) is 5.19. The molecule has 0 bridgehead atoms. The molecule has 1 fully saturated rings. The van der Waals surface area contributed by atoms with E-state index in [1.165, 1.54) is 30.4 Å². The number of rotatable bonds is 2. The minimum atomic E-state index is -0.250.